The number of nitrogens with zero attached hydrogens (tertiary/aromatic N) is 1. The number of halogens is 1. The van der Waals surface area contributed by atoms with Crippen LogP contribution in [0.2, 0.25) is 0 Å². The first-order chi connectivity index (χ1) is 6.08. The highest BCUT2D eigenvalue weighted by atomic mass is 35.5. The fourth-order valence-electron chi connectivity index (χ4n) is 1.87. The van der Waals surface area contributed by atoms with Gasteiger partial charge < -0.3 is 9.64 Å². The van der Waals surface area contributed by atoms with Crippen LogP contribution >= 0.6 is 11.6 Å². The SMILES string of the molecule is CC(Cl)CN(C)CC1CCC(C)O1. The van der Waals surface area contributed by atoms with Crippen molar-refractivity contribution in [3.05, 3.63) is 0 Å². The Morgan fingerprint density at radius 2 is 2.23 bits per heavy atom. The largest absolute Gasteiger partial charge is 0.374 e. The summed E-state index contributed by atoms with van der Waals surface area (Å²) in [7, 11) is 2.10. The fraction of sp³-hybridized carbons (Fsp3) is 1.00. The zero-order chi connectivity index (χ0) is 9.84. The van der Waals surface area contributed by atoms with Crippen LogP contribution in [0.5, 0.6) is 0 Å². The van der Waals surface area contributed by atoms with Crippen LogP contribution in [-0.2, 0) is 4.74 Å². The summed E-state index contributed by atoms with van der Waals surface area (Å²) in [6.45, 7) is 6.12. The minimum absolute atomic E-state index is 0.226. The Morgan fingerprint density at radius 3 is 2.69 bits per heavy atom. The third-order valence-electron chi connectivity index (χ3n) is 2.40. The summed E-state index contributed by atoms with van der Waals surface area (Å²) in [5.74, 6) is 0. The maximum atomic E-state index is 5.90. The summed E-state index contributed by atoms with van der Waals surface area (Å²) in [4.78, 5) is 2.25. The molecule has 0 aromatic rings. The molecule has 0 bridgehead atoms. The highest BCUT2D eigenvalue weighted by Gasteiger charge is 2.22. The second-order valence-corrected chi connectivity index (χ2v) is 4.89. The van der Waals surface area contributed by atoms with Gasteiger partial charge in [-0.3, -0.25) is 0 Å². The van der Waals surface area contributed by atoms with Crippen molar-refractivity contribution in [2.75, 3.05) is 20.1 Å². The number of hydrogen-bond acceptors (Lipinski definition) is 2. The monoisotopic (exact) mass is 205 g/mol. The quantitative estimate of drug-likeness (QED) is 0.652. The lowest BCUT2D eigenvalue weighted by Crippen LogP contribution is -2.32. The van der Waals surface area contributed by atoms with Crippen LogP contribution < -0.4 is 0 Å². The lowest BCUT2D eigenvalue weighted by molar-refractivity contribution is 0.0367. The number of hydrogen-bond donors (Lipinski definition) is 0. The van der Waals surface area contributed by atoms with Gasteiger partial charge in [0.15, 0.2) is 0 Å². The summed E-state index contributed by atoms with van der Waals surface area (Å²) < 4.78 is 5.73. The van der Waals surface area contributed by atoms with E-state index in [1.165, 1.54) is 12.8 Å². The van der Waals surface area contributed by atoms with E-state index in [2.05, 4.69) is 18.9 Å². The van der Waals surface area contributed by atoms with E-state index in [0.717, 1.165) is 13.1 Å². The Kier molecular flexibility index (Phi) is 4.50. The van der Waals surface area contributed by atoms with Crippen molar-refractivity contribution in [2.45, 2.75) is 44.3 Å². The molecule has 0 radical (unpaired) electrons. The number of likely N-dealkylation sites (N-methyl/N-ethyl adjacent to an activating group) is 1. The normalized spacial score (nSPS) is 31.2. The first-order valence-corrected chi connectivity index (χ1v) is 5.49. The van der Waals surface area contributed by atoms with Gasteiger partial charge in [-0.1, -0.05) is 0 Å². The van der Waals surface area contributed by atoms with Crippen LogP contribution in [0.25, 0.3) is 0 Å². The molecule has 1 heterocycles. The van der Waals surface area contributed by atoms with Crippen molar-refractivity contribution in [3.63, 3.8) is 0 Å². The molecule has 0 amide bonds. The predicted molar refractivity (Wildman–Crippen MR) is 56.4 cm³/mol. The zero-order valence-corrected chi connectivity index (χ0v) is 9.55. The molecule has 1 fully saturated rings. The lowest BCUT2D eigenvalue weighted by atomic mass is 10.2. The molecule has 1 aliphatic rings. The first-order valence-electron chi connectivity index (χ1n) is 5.06. The van der Waals surface area contributed by atoms with Crippen molar-refractivity contribution in [1.82, 2.24) is 4.90 Å². The second-order valence-electron chi connectivity index (χ2n) is 4.15. The highest BCUT2D eigenvalue weighted by molar-refractivity contribution is 6.20. The molecule has 0 spiro atoms. The van der Waals surface area contributed by atoms with Gasteiger partial charge in [0.25, 0.3) is 0 Å². The molecule has 0 N–H and O–H groups in total. The van der Waals surface area contributed by atoms with Crippen LogP contribution in [0.4, 0.5) is 0 Å². The molecule has 3 atom stereocenters. The van der Waals surface area contributed by atoms with Crippen LogP contribution in [0.15, 0.2) is 0 Å². The molecule has 0 aromatic carbocycles. The molecular formula is C10H20ClNO. The number of alkyl halides is 1. The average molecular weight is 206 g/mol. The van der Waals surface area contributed by atoms with Gasteiger partial charge in [-0.05, 0) is 33.7 Å². The third-order valence-corrected chi connectivity index (χ3v) is 2.54. The van der Waals surface area contributed by atoms with Gasteiger partial charge >= 0.3 is 0 Å². The smallest absolute Gasteiger partial charge is 0.0706 e. The van der Waals surface area contributed by atoms with E-state index in [4.69, 9.17) is 16.3 Å². The van der Waals surface area contributed by atoms with Gasteiger partial charge in [-0.15, -0.1) is 11.6 Å². The average Bonchev–Trinajstić information content (AvgIpc) is 2.33. The van der Waals surface area contributed by atoms with E-state index in [0.29, 0.717) is 12.2 Å². The predicted octanol–water partition coefficient (Wildman–Crippen LogP) is 2.11. The molecule has 0 aromatic heterocycles. The molecule has 1 saturated heterocycles. The Morgan fingerprint density at radius 1 is 1.54 bits per heavy atom. The molecule has 0 saturated carbocycles. The van der Waals surface area contributed by atoms with Gasteiger partial charge in [0.05, 0.1) is 12.2 Å². The molecule has 13 heavy (non-hydrogen) atoms. The van der Waals surface area contributed by atoms with Gasteiger partial charge in [0.1, 0.15) is 0 Å². The zero-order valence-electron chi connectivity index (χ0n) is 8.79. The molecule has 1 rings (SSSR count). The minimum atomic E-state index is 0.226. The Bertz CT molecular complexity index is 152. The molecule has 3 heteroatoms. The van der Waals surface area contributed by atoms with Crippen molar-refractivity contribution in [2.24, 2.45) is 0 Å². The Balaban J connectivity index is 2.16. The second kappa shape index (κ2) is 5.18. The van der Waals surface area contributed by atoms with Crippen molar-refractivity contribution in [3.8, 4) is 0 Å². The van der Waals surface area contributed by atoms with Gasteiger partial charge in [0.2, 0.25) is 0 Å². The standard InChI is InChI=1S/C10H20ClNO/c1-8(11)6-12(3)7-10-5-4-9(2)13-10/h8-10H,4-7H2,1-3H3. The van der Waals surface area contributed by atoms with Crippen molar-refractivity contribution < 1.29 is 4.74 Å². The van der Waals surface area contributed by atoms with Gasteiger partial charge in [-0.25, -0.2) is 0 Å². The van der Waals surface area contributed by atoms with E-state index in [1.54, 1.807) is 0 Å². The van der Waals surface area contributed by atoms with Crippen LogP contribution in [0, 0.1) is 0 Å². The number of rotatable bonds is 4. The Hall–Kier alpha value is 0.210. The molecule has 78 valence electrons. The van der Waals surface area contributed by atoms with Crippen molar-refractivity contribution >= 4 is 11.6 Å². The minimum Gasteiger partial charge on any atom is -0.374 e. The first kappa shape index (κ1) is 11.3. The molecule has 2 nitrogen and oxygen atoms in total. The molecule has 1 aliphatic heterocycles. The highest BCUT2D eigenvalue weighted by Crippen LogP contribution is 2.19. The van der Waals surface area contributed by atoms with E-state index < -0.39 is 0 Å². The molecular weight excluding hydrogens is 186 g/mol. The maximum Gasteiger partial charge on any atom is 0.0706 e. The summed E-state index contributed by atoms with van der Waals surface area (Å²) in [6.07, 6.45) is 3.28. The Labute approximate surface area is 86.2 Å². The van der Waals surface area contributed by atoms with Crippen LogP contribution in [-0.4, -0.2) is 42.6 Å². The van der Waals surface area contributed by atoms with Gasteiger partial charge in [-0.2, -0.15) is 0 Å². The lowest BCUT2D eigenvalue weighted by Gasteiger charge is -2.21. The van der Waals surface area contributed by atoms with Crippen LogP contribution in [0.3, 0.4) is 0 Å². The van der Waals surface area contributed by atoms with E-state index >= 15 is 0 Å². The summed E-state index contributed by atoms with van der Waals surface area (Å²) in [5, 5.41) is 0.226. The summed E-state index contributed by atoms with van der Waals surface area (Å²) in [5.41, 5.74) is 0. The third kappa shape index (κ3) is 4.30. The van der Waals surface area contributed by atoms with Crippen molar-refractivity contribution in [1.29, 1.82) is 0 Å². The van der Waals surface area contributed by atoms with E-state index in [9.17, 15) is 0 Å². The summed E-state index contributed by atoms with van der Waals surface area (Å²) >= 11 is 5.90. The maximum absolute atomic E-state index is 5.90. The summed E-state index contributed by atoms with van der Waals surface area (Å²) in [6, 6.07) is 0. The molecule has 3 unspecified atom stereocenters. The van der Waals surface area contributed by atoms with E-state index in [-0.39, 0.29) is 5.38 Å². The van der Waals surface area contributed by atoms with E-state index in [1.807, 2.05) is 6.92 Å². The fourth-order valence-corrected chi connectivity index (χ4v) is 2.11. The van der Waals surface area contributed by atoms with Gasteiger partial charge in [0, 0.05) is 18.5 Å². The molecule has 0 aliphatic carbocycles. The topological polar surface area (TPSA) is 12.5 Å². The number of ether oxygens (including phenoxy) is 1. The van der Waals surface area contributed by atoms with Crippen LogP contribution in [0.1, 0.15) is 26.7 Å².